The standard InChI is InChI=1S/C12H18S.Na/c1-7-8(2)10(4)12(6-13)11(5)9(7)3;/h13H,6H2,1-5H3;/q;+1/p-1. The van der Waals surface area contributed by atoms with Gasteiger partial charge in [0.1, 0.15) is 0 Å². The Balaban J connectivity index is 0.00000169. The van der Waals surface area contributed by atoms with Gasteiger partial charge in [0, 0.05) is 0 Å². The van der Waals surface area contributed by atoms with Crippen molar-refractivity contribution in [2.45, 2.75) is 40.4 Å². The molecule has 0 radical (unpaired) electrons. The summed E-state index contributed by atoms with van der Waals surface area (Å²) in [5, 5.41) is 0. The van der Waals surface area contributed by atoms with Gasteiger partial charge in [-0.2, -0.15) is 5.75 Å². The van der Waals surface area contributed by atoms with Gasteiger partial charge in [-0.25, -0.2) is 0 Å². The Labute approximate surface area is 115 Å². The summed E-state index contributed by atoms with van der Waals surface area (Å²) >= 11 is 5.16. The molecule has 1 aromatic carbocycles. The van der Waals surface area contributed by atoms with Crippen LogP contribution in [0.1, 0.15) is 33.4 Å². The Morgan fingerprint density at radius 2 is 1.00 bits per heavy atom. The molecule has 72 valence electrons. The van der Waals surface area contributed by atoms with E-state index in [1.54, 1.807) is 0 Å². The van der Waals surface area contributed by atoms with Crippen molar-refractivity contribution in [3.05, 3.63) is 33.4 Å². The normalized spacial score (nSPS) is 9.86. The summed E-state index contributed by atoms with van der Waals surface area (Å²) in [6, 6.07) is 0. The van der Waals surface area contributed by atoms with Crippen LogP contribution in [0.2, 0.25) is 0 Å². The van der Waals surface area contributed by atoms with Crippen molar-refractivity contribution in [1.82, 2.24) is 0 Å². The zero-order valence-corrected chi connectivity index (χ0v) is 12.9. The van der Waals surface area contributed by atoms with Crippen molar-refractivity contribution in [3.8, 4) is 0 Å². The van der Waals surface area contributed by atoms with Gasteiger partial charge < -0.3 is 12.6 Å². The summed E-state index contributed by atoms with van der Waals surface area (Å²) in [6.07, 6.45) is 0. The van der Waals surface area contributed by atoms with Crippen molar-refractivity contribution in [2.75, 3.05) is 0 Å². The third-order valence-electron chi connectivity index (χ3n) is 3.30. The molecule has 0 aliphatic heterocycles. The first-order chi connectivity index (χ1) is 6.00. The predicted molar refractivity (Wildman–Crippen MR) is 61.2 cm³/mol. The van der Waals surface area contributed by atoms with Crippen molar-refractivity contribution < 1.29 is 29.6 Å². The second-order valence-electron chi connectivity index (χ2n) is 3.75. The van der Waals surface area contributed by atoms with Crippen molar-refractivity contribution in [1.29, 1.82) is 0 Å². The number of hydrogen-bond donors (Lipinski definition) is 0. The van der Waals surface area contributed by atoms with Gasteiger partial charge in [-0.05, 0) is 62.4 Å². The Morgan fingerprint density at radius 3 is 1.29 bits per heavy atom. The average Bonchev–Trinajstić information content (AvgIpc) is 2.13. The molecular formula is C12H17NaS. The molecule has 0 unspecified atom stereocenters. The molecule has 0 heterocycles. The Bertz CT molecular complexity index is 314. The molecule has 14 heavy (non-hydrogen) atoms. The van der Waals surface area contributed by atoms with Crippen LogP contribution in [0.4, 0.5) is 0 Å². The van der Waals surface area contributed by atoms with E-state index in [4.69, 9.17) is 12.6 Å². The molecule has 0 saturated heterocycles. The van der Waals surface area contributed by atoms with E-state index >= 15 is 0 Å². The molecule has 1 rings (SSSR count). The Morgan fingerprint density at radius 1 is 0.714 bits per heavy atom. The van der Waals surface area contributed by atoms with Gasteiger partial charge in [-0.3, -0.25) is 0 Å². The quantitative estimate of drug-likeness (QED) is 0.480. The molecule has 0 aromatic heterocycles. The minimum Gasteiger partial charge on any atom is -0.788 e. The molecule has 0 bridgehead atoms. The third-order valence-corrected chi connectivity index (χ3v) is 3.59. The molecular weight excluding hydrogens is 199 g/mol. The van der Waals surface area contributed by atoms with Gasteiger partial charge in [0.05, 0.1) is 0 Å². The molecule has 0 N–H and O–H groups in total. The van der Waals surface area contributed by atoms with Crippen LogP contribution in [0.3, 0.4) is 0 Å². The van der Waals surface area contributed by atoms with E-state index in [0.29, 0.717) is 0 Å². The van der Waals surface area contributed by atoms with E-state index in [1.165, 1.54) is 33.4 Å². The molecule has 0 nitrogen and oxygen atoms in total. The van der Waals surface area contributed by atoms with Crippen molar-refractivity contribution >= 4 is 12.6 Å². The van der Waals surface area contributed by atoms with Gasteiger partial charge >= 0.3 is 29.6 Å². The number of hydrogen-bond acceptors (Lipinski definition) is 1. The van der Waals surface area contributed by atoms with Crippen LogP contribution in [0.25, 0.3) is 0 Å². The van der Waals surface area contributed by atoms with E-state index in [2.05, 4.69) is 34.6 Å². The first-order valence-corrected chi connectivity index (χ1v) is 5.22. The molecule has 0 saturated carbocycles. The fourth-order valence-corrected chi connectivity index (χ4v) is 2.23. The van der Waals surface area contributed by atoms with Crippen molar-refractivity contribution in [3.63, 3.8) is 0 Å². The maximum Gasteiger partial charge on any atom is 1.00 e. The van der Waals surface area contributed by atoms with E-state index in [9.17, 15) is 0 Å². The fraction of sp³-hybridized carbons (Fsp3) is 0.500. The van der Waals surface area contributed by atoms with Gasteiger partial charge in [0.15, 0.2) is 0 Å². The van der Waals surface area contributed by atoms with E-state index in [0.717, 1.165) is 5.75 Å². The summed E-state index contributed by atoms with van der Waals surface area (Å²) in [6.45, 7) is 10.9. The molecule has 0 atom stereocenters. The van der Waals surface area contributed by atoms with Crippen LogP contribution >= 0.6 is 0 Å². The summed E-state index contributed by atoms with van der Waals surface area (Å²) in [7, 11) is 0. The zero-order chi connectivity index (χ0) is 10.2. The molecule has 1 aromatic rings. The van der Waals surface area contributed by atoms with Crippen LogP contribution in [-0.2, 0) is 18.4 Å². The van der Waals surface area contributed by atoms with Crippen molar-refractivity contribution in [2.24, 2.45) is 0 Å². The molecule has 0 spiro atoms. The van der Waals surface area contributed by atoms with Gasteiger partial charge in [0.25, 0.3) is 0 Å². The second-order valence-corrected chi connectivity index (χ2v) is 4.04. The smallest absolute Gasteiger partial charge is 0.788 e. The van der Waals surface area contributed by atoms with E-state index < -0.39 is 0 Å². The first kappa shape index (κ1) is 14.6. The Kier molecular flexibility index (Phi) is 5.83. The fourth-order valence-electron chi connectivity index (χ4n) is 1.79. The second kappa shape index (κ2) is 5.60. The molecule has 0 aliphatic carbocycles. The number of rotatable bonds is 1. The predicted octanol–water partition coefficient (Wildman–Crippen LogP) is 0.280. The molecule has 0 aliphatic rings. The zero-order valence-electron chi connectivity index (χ0n) is 10.1. The SMILES string of the molecule is Cc1c(C)c(C)c(C[S-])c(C)c1C.[Na+]. The monoisotopic (exact) mass is 216 g/mol. The third kappa shape index (κ3) is 2.38. The molecule has 2 heteroatoms. The van der Waals surface area contributed by atoms with Crippen LogP contribution in [-0.4, -0.2) is 0 Å². The van der Waals surface area contributed by atoms with E-state index in [1.807, 2.05) is 0 Å². The van der Waals surface area contributed by atoms with E-state index in [-0.39, 0.29) is 29.6 Å². The van der Waals surface area contributed by atoms with Crippen LogP contribution in [0.15, 0.2) is 0 Å². The Hall–Kier alpha value is 0.570. The number of benzene rings is 1. The van der Waals surface area contributed by atoms with Gasteiger partial charge in [-0.15, -0.1) is 0 Å². The summed E-state index contributed by atoms with van der Waals surface area (Å²) < 4.78 is 0. The molecule has 0 amide bonds. The topological polar surface area (TPSA) is 0 Å². The largest absolute Gasteiger partial charge is 1.00 e. The molecule has 0 fully saturated rings. The van der Waals surface area contributed by atoms with Crippen LogP contribution in [0.5, 0.6) is 0 Å². The first-order valence-electron chi connectivity index (χ1n) is 4.64. The maximum atomic E-state index is 5.16. The summed E-state index contributed by atoms with van der Waals surface area (Å²) in [4.78, 5) is 0. The maximum absolute atomic E-state index is 5.16. The van der Waals surface area contributed by atoms with Gasteiger partial charge in [0.2, 0.25) is 0 Å². The minimum absolute atomic E-state index is 0. The van der Waals surface area contributed by atoms with Crippen LogP contribution in [0, 0.1) is 34.6 Å². The average molecular weight is 216 g/mol. The minimum atomic E-state index is 0. The van der Waals surface area contributed by atoms with Gasteiger partial charge in [-0.1, -0.05) is 5.56 Å². The van der Waals surface area contributed by atoms with Crippen LogP contribution < -0.4 is 29.6 Å². The summed E-state index contributed by atoms with van der Waals surface area (Å²) in [5.74, 6) is 0.736. The summed E-state index contributed by atoms with van der Waals surface area (Å²) in [5.41, 5.74) is 8.36.